The number of hydrogen-bond acceptors (Lipinski definition) is 3. The van der Waals surface area contributed by atoms with Crippen molar-refractivity contribution < 1.29 is 13.2 Å². The maximum atomic E-state index is 12.7. The van der Waals surface area contributed by atoms with Gasteiger partial charge in [-0.05, 0) is 68.1 Å². The number of benzene rings is 2. The minimum Gasteiger partial charge on any atom is -0.312 e. The van der Waals surface area contributed by atoms with E-state index in [0.29, 0.717) is 29.2 Å². The van der Waals surface area contributed by atoms with E-state index >= 15 is 0 Å². The molecule has 2 aromatic carbocycles. The molecule has 3 rings (SSSR count). The van der Waals surface area contributed by atoms with Gasteiger partial charge in [0.05, 0.1) is 4.90 Å². The number of halogens is 1. The number of hydrogen-bond donors (Lipinski definition) is 1. The van der Waals surface area contributed by atoms with Crippen LogP contribution in [-0.2, 0) is 14.8 Å². The van der Waals surface area contributed by atoms with Crippen molar-refractivity contribution in [1.29, 1.82) is 0 Å². The lowest BCUT2D eigenvalue weighted by atomic mass is 10.1. The van der Waals surface area contributed by atoms with Crippen LogP contribution in [0.25, 0.3) is 0 Å². The number of aryl methyl sites for hydroxylation is 2. The Hall–Kier alpha value is -2.05. The average Bonchev–Trinajstić information content (AvgIpc) is 2.58. The second-order valence-corrected chi connectivity index (χ2v) is 8.61. The Morgan fingerprint density at radius 3 is 2.50 bits per heavy atom. The number of nitrogens with one attached hydrogen (secondary N) is 1. The Kier molecular flexibility index (Phi) is 5.25. The molecule has 138 valence electrons. The quantitative estimate of drug-likeness (QED) is 0.844. The summed E-state index contributed by atoms with van der Waals surface area (Å²) >= 11 is 5.94. The topological polar surface area (TPSA) is 66.5 Å². The van der Waals surface area contributed by atoms with Gasteiger partial charge in [0.25, 0.3) is 10.0 Å². The van der Waals surface area contributed by atoms with Crippen LogP contribution >= 0.6 is 11.6 Å². The van der Waals surface area contributed by atoms with Gasteiger partial charge < -0.3 is 4.90 Å². The van der Waals surface area contributed by atoms with Crippen LogP contribution in [0.4, 0.5) is 11.4 Å². The zero-order chi connectivity index (χ0) is 18.9. The van der Waals surface area contributed by atoms with E-state index in [2.05, 4.69) is 4.72 Å². The number of carbonyl (C=O) groups excluding carboxylic acids is 1. The van der Waals surface area contributed by atoms with E-state index in [9.17, 15) is 13.2 Å². The number of amides is 1. The van der Waals surface area contributed by atoms with Crippen molar-refractivity contribution in [3.63, 3.8) is 0 Å². The molecule has 0 spiro atoms. The van der Waals surface area contributed by atoms with E-state index < -0.39 is 10.0 Å². The second-order valence-electron chi connectivity index (χ2n) is 6.52. The number of anilines is 2. The molecule has 1 saturated heterocycles. The fourth-order valence-corrected chi connectivity index (χ4v) is 4.71. The van der Waals surface area contributed by atoms with Gasteiger partial charge in [0.15, 0.2) is 0 Å². The number of carbonyl (C=O) groups is 1. The highest BCUT2D eigenvalue weighted by molar-refractivity contribution is 7.92. The summed E-state index contributed by atoms with van der Waals surface area (Å²) in [5.41, 5.74) is 2.75. The summed E-state index contributed by atoms with van der Waals surface area (Å²) in [6.45, 7) is 4.30. The fraction of sp³-hybridized carbons (Fsp3) is 0.316. The number of sulfonamides is 1. The van der Waals surface area contributed by atoms with Crippen molar-refractivity contribution in [2.45, 2.75) is 38.0 Å². The second kappa shape index (κ2) is 7.29. The Labute approximate surface area is 159 Å². The molecule has 0 aromatic heterocycles. The number of rotatable bonds is 4. The van der Waals surface area contributed by atoms with Crippen LogP contribution in [0.3, 0.4) is 0 Å². The lowest BCUT2D eigenvalue weighted by molar-refractivity contribution is -0.119. The highest BCUT2D eigenvalue weighted by atomic mass is 35.5. The minimum atomic E-state index is -3.75. The molecule has 1 aliphatic rings. The van der Waals surface area contributed by atoms with E-state index in [1.807, 2.05) is 6.92 Å². The van der Waals surface area contributed by atoms with Gasteiger partial charge in [-0.3, -0.25) is 9.52 Å². The Bertz CT molecular complexity index is 957. The Morgan fingerprint density at radius 1 is 1.04 bits per heavy atom. The van der Waals surface area contributed by atoms with Crippen LogP contribution in [0.1, 0.15) is 30.4 Å². The first-order chi connectivity index (χ1) is 12.3. The molecule has 26 heavy (non-hydrogen) atoms. The molecular weight excluding hydrogens is 372 g/mol. The normalized spacial score (nSPS) is 15.2. The van der Waals surface area contributed by atoms with Crippen LogP contribution in [0.5, 0.6) is 0 Å². The molecule has 1 aliphatic heterocycles. The first-order valence-corrected chi connectivity index (χ1v) is 10.3. The molecule has 1 amide bonds. The third-order valence-electron chi connectivity index (χ3n) is 4.50. The molecule has 7 heteroatoms. The van der Waals surface area contributed by atoms with Crippen LogP contribution in [-0.4, -0.2) is 20.9 Å². The SMILES string of the molecule is Cc1cc(NS(=O)(=O)c2cc(Cl)ccc2C)ccc1N1CCCCC1=O. The molecule has 0 bridgehead atoms. The largest absolute Gasteiger partial charge is 0.312 e. The maximum Gasteiger partial charge on any atom is 0.262 e. The zero-order valence-corrected chi connectivity index (χ0v) is 16.3. The summed E-state index contributed by atoms with van der Waals surface area (Å²) in [6.07, 6.45) is 2.46. The molecule has 0 saturated carbocycles. The number of nitrogens with zero attached hydrogens (tertiary/aromatic N) is 1. The van der Waals surface area contributed by atoms with Gasteiger partial charge in [0.1, 0.15) is 0 Å². The van der Waals surface area contributed by atoms with E-state index in [0.717, 1.165) is 24.1 Å². The molecule has 1 N–H and O–H groups in total. The van der Waals surface area contributed by atoms with Gasteiger partial charge >= 0.3 is 0 Å². The predicted octanol–water partition coefficient (Wildman–Crippen LogP) is 4.27. The van der Waals surface area contributed by atoms with Crippen LogP contribution in [0.2, 0.25) is 5.02 Å². The summed E-state index contributed by atoms with van der Waals surface area (Å²) in [5.74, 6) is 0.113. The molecule has 0 unspecified atom stereocenters. The Balaban J connectivity index is 1.87. The predicted molar refractivity (Wildman–Crippen MR) is 104 cm³/mol. The van der Waals surface area contributed by atoms with Crippen molar-refractivity contribution >= 4 is 38.9 Å². The standard InChI is InChI=1S/C19H21ClN2O3S/c1-13-6-7-15(20)12-18(13)26(24,25)21-16-8-9-17(14(2)11-16)22-10-4-3-5-19(22)23/h6-9,11-12,21H,3-5,10H2,1-2H3. The zero-order valence-electron chi connectivity index (χ0n) is 14.8. The molecule has 5 nitrogen and oxygen atoms in total. The summed E-state index contributed by atoms with van der Waals surface area (Å²) in [5, 5.41) is 0.367. The van der Waals surface area contributed by atoms with Crippen LogP contribution in [0.15, 0.2) is 41.3 Å². The molecule has 2 aromatic rings. The molecule has 0 radical (unpaired) electrons. The van der Waals surface area contributed by atoms with Crippen molar-refractivity contribution in [2.75, 3.05) is 16.2 Å². The van der Waals surface area contributed by atoms with Crippen molar-refractivity contribution in [1.82, 2.24) is 0 Å². The van der Waals surface area contributed by atoms with Crippen LogP contribution in [0, 0.1) is 13.8 Å². The van der Waals surface area contributed by atoms with E-state index in [1.54, 1.807) is 42.2 Å². The van der Waals surface area contributed by atoms with E-state index in [4.69, 9.17) is 11.6 Å². The van der Waals surface area contributed by atoms with Crippen molar-refractivity contribution in [2.24, 2.45) is 0 Å². The molecular formula is C19H21ClN2O3S. The fourth-order valence-electron chi connectivity index (χ4n) is 3.16. The third-order valence-corrected chi connectivity index (χ3v) is 6.26. The van der Waals surface area contributed by atoms with Crippen molar-refractivity contribution in [3.05, 3.63) is 52.5 Å². The average molecular weight is 393 g/mol. The van der Waals surface area contributed by atoms with E-state index in [-0.39, 0.29) is 10.8 Å². The number of piperidine rings is 1. The smallest absolute Gasteiger partial charge is 0.262 e. The molecule has 1 fully saturated rings. The summed E-state index contributed by atoms with van der Waals surface area (Å²) in [6, 6.07) is 9.99. The minimum absolute atomic E-state index is 0.113. The van der Waals surface area contributed by atoms with Gasteiger partial charge in [0.2, 0.25) is 5.91 Å². The third kappa shape index (κ3) is 3.86. The summed E-state index contributed by atoms with van der Waals surface area (Å²) < 4.78 is 28.0. The lowest BCUT2D eigenvalue weighted by Gasteiger charge is -2.28. The summed E-state index contributed by atoms with van der Waals surface area (Å²) in [4.78, 5) is 14.0. The first kappa shape index (κ1) is 18.7. The molecule has 1 heterocycles. The first-order valence-electron chi connectivity index (χ1n) is 8.48. The molecule has 0 atom stereocenters. The van der Waals surface area contributed by atoms with Gasteiger partial charge in [-0.15, -0.1) is 0 Å². The maximum absolute atomic E-state index is 12.7. The lowest BCUT2D eigenvalue weighted by Crippen LogP contribution is -2.35. The summed E-state index contributed by atoms with van der Waals surface area (Å²) in [7, 11) is -3.75. The van der Waals surface area contributed by atoms with Crippen LogP contribution < -0.4 is 9.62 Å². The monoisotopic (exact) mass is 392 g/mol. The highest BCUT2D eigenvalue weighted by Crippen LogP contribution is 2.29. The highest BCUT2D eigenvalue weighted by Gasteiger charge is 2.22. The van der Waals surface area contributed by atoms with E-state index in [1.165, 1.54) is 6.07 Å². The van der Waals surface area contributed by atoms with Gasteiger partial charge in [-0.1, -0.05) is 17.7 Å². The van der Waals surface area contributed by atoms with Gasteiger partial charge in [-0.2, -0.15) is 0 Å². The van der Waals surface area contributed by atoms with Gasteiger partial charge in [-0.25, -0.2) is 8.42 Å². The van der Waals surface area contributed by atoms with Gasteiger partial charge in [0, 0.05) is 29.4 Å². The van der Waals surface area contributed by atoms with Crippen molar-refractivity contribution in [3.8, 4) is 0 Å². The Morgan fingerprint density at radius 2 is 1.81 bits per heavy atom. The molecule has 0 aliphatic carbocycles.